The molecule has 0 amide bonds. The summed E-state index contributed by atoms with van der Waals surface area (Å²) in [5, 5.41) is 10.5. The molecule has 2 aromatic rings. The van der Waals surface area contributed by atoms with Crippen LogP contribution in [0.15, 0.2) is 59.5 Å². The van der Waals surface area contributed by atoms with E-state index in [-0.39, 0.29) is 11.5 Å². The van der Waals surface area contributed by atoms with E-state index in [2.05, 4.69) is 4.72 Å². The molecule has 2 unspecified atom stereocenters. The Morgan fingerprint density at radius 2 is 1.72 bits per heavy atom. The van der Waals surface area contributed by atoms with Crippen LogP contribution in [0.1, 0.15) is 24.2 Å². The Morgan fingerprint density at radius 1 is 1.12 bits per heavy atom. The van der Waals surface area contributed by atoms with Crippen molar-refractivity contribution in [1.29, 1.82) is 0 Å². The molecule has 134 valence electrons. The highest BCUT2D eigenvalue weighted by molar-refractivity contribution is 7.89. The lowest BCUT2D eigenvalue weighted by Gasteiger charge is -2.22. The molecule has 0 aromatic heterocycles. The van der Waals surface area contributed by atoms with E-state index in [1.165, 1.54) is 12.1 Å². The number of hydrogen-bond donors (Lipinski definition) is 2. The van der Waals surface area contributed by atoms with Crippen LogP contribution in [0.25, 0.3) is 0 Å². The maximum atomic E-state index is 12.6. The van der Waals surface area contributed by atoms with Gasteiger partial charge in [0.05, 0.1) is 11.5 Å². The molecule has 0 saturated heterocycles. The number of aryl methyl sites for hydroxylation is 1. The van der Waals surface area contributed by atoms with Crippen molar-refractivity contribution in [1.82, 2.24) is 4.72 Å². The molecular weight excluding hydrogens is 342 g/mol. The van der Waals surface area contributed by atoms with Crippen molar-refractivity contribution in [3.8, 4) is 0 Å². The molecule has 0 fully saturated rings. The number of nitrogens with one attached hydrogen (secondary N) is 1. The minimum atomic E-state index is -4.00. The first-order valence-electron chi connectivity index (χ1n) is 7.84. The number of benzene rings is 2. The van der Waals surface area contributed by atoms with Gasteiger partial charge >= 0.3 is 5.97 Å². The zero-order valence-corrected chi connectivity index (χ0v) is 14.9. The maximum absolute atomic E-state index is 12.6. The molecule has 25 heavy (non-hydrogen) atoms. The van der Waals surface area contributed by atoms with Gasteiger partial charge in [-0.25, -0.2) is 8.42 Å². The summed E-state index contributed by atoms with van der Waals surface area (Å²) in [5.41, 5.74) is 1.32. The van der Waals surface area contributed by atoms with Crippen molar-refractivity contribution in [2.24, 2.45) is 0 Å². The van der Waals surface area contributed by atoms with Crippen LogP contribution in [-0.4, -0.2) is 32.1 Å². The summed E-state index contributed by atoms with van der Waals surface area (Å²) >= 11 is 0. The average molecular weight is 363 g/mol. The molecule has 0 aliphatic rings. The SMILES string of the molecule is CCOC(=O)C(NS(=O)(=O)c1ccc(C)cc1)C(O)c1ccccc1. The number of esters is 1. The minimum absolute atomic E-state index is 0.00709. The molecule has 7 heteroatoms. The lowest BCUT2D eigenvalue weighted by molar-refractivity contribution is -0.148. The van der Waals surface area contributed by atoms with Crippen LogP contribution < -0.4 is 4.72 Å². The van der Waals surface area contributed by atoms with Crippen LogP contribution in [0.3, 0.4) is 0 Å². The topological polar surface area (TPSA) is 92.7 Å². The molecule has 2 aromatic carbocycles. The third kappa shape index (κ3) is 4.88. The summed E-state index contributed by atoms with van der Waals surface area (Å²) in [6.07, 6.45) is -1.37. The Hall–Kier alpha value is -2.22. The fourth-order valence-corrected chi connectivity index (χ4v) is 3.46. The van der Waals surface area contributed by atoms with Crippen molar-refractivity contribution in [2.75, 3.05) is 6.61 Å². The predicted octanol–water partition coefficient (Wildman–Crippen LogP) is 1.94. The van der Waals surface area contributed by atoms with Gasteiger partial charge in [0.15, 0.2) is 0 Å². The molecule has 0 aliphatic heterocycles. The minimum Gasteiger partial charge on any atom is -0.465 e. The van der Waals surface area contributed by atoms with E-state index in [9.17, 15) is 18.3 Å². The van der Waals surface area contributed by atoms with Crippen LogP contribution in [0.4, 0.5) is 0 Å². The van der Waals surface area contributed by atoms with Crippen LogP contribution in [0, 0.1) is 6.92 Å². The lowest BCUT2D eigenvalue weighted by atomic mass is 10.0. The van der Waals surface area contributed by atoms with Gasteiger partial charge in [-0.3, -0.25) is 4.79 Å². The van der Waals surface area contributed by atoms with Crippen LogP contribution in [0.5, 0.6) is 0 Å². The zero-order valence-electron chi connectivity index (χ0n) is 14.0. The van der Waals surface area contributed by atoms with E-state index in [0.717, 1.165) is 5.56 Å². The van der Waals surface area contributed by atoms with E-state index in [0.29, 0.717) is 5.56 Å². The normalized spacial score (nSPS) is 13.9. The lowest BCUT2D eigenvalue weighted by Crippen LogP contribution is -2.45. The summed E-state index contributed by atoms with van der Waals surface area (Å²) in [7, 11) is -4.00. The van der Waals surface area contributed by atoms with E-state index in [1.807, 2.05) is 6.92 Å². The molecular formula is C18H21NO5S. The number of sulfonamides is 1. The molecule has 0 spiro atoms. The first-order valence-corrected chi connectivity index (χ1v) is 9.32. The van der Waals surface area contributed by atoms with E-state index in [1.54, 1.807) is 49.4 Å². The van der Waals surface area contributed by atoms with Gasteiger partial charge in [-0.05, 0) is 31.5 Å². The molecule has 2 N–H and O–H groups in total. The summed E-state index contributed by atoms with van der Waals surface area (Å²) in [6.45, 7) is 3.52. The summed E-state index contributed by atoms with van der Waals surface area (Å²) < 4.78 is 32.3. The molecule has 6 nitrogen and oxygen atoms in total. The number of carbonyl (C=O) groups is 1. The third-order valence-corrected chi connectivity index (χ3v) is 5.07. The van der Waals surface area contributed by atoms with Gasteiger partial charge in [-0.15, -0.1) is 0 Å². The van der Waals surface area contributed by atoms with Crippen molar-refractivity contribution in [2.45, 2.75) is 30.9 Å². The van der Waals surface area contributed by atoms with Crippen LogP contribution in [-0.2, 0) is 19.6 Å². The largest absolute Gasteiger partial charge is 0.465 e. The number of rotatable bonds is 7. The highest BCUT2D eigenvalue weighted by atomic mass is 32.2. The molecule has 0 heterocycles. The third-order valence-electron chi connectivity index (χ3n) is 3.61. The molecule has 0 aliphatic carbocycles. The number of aliphatic hydroxyl groups is 1. The number of carbonyl (C=O) groups excluding carboxylic acids is 1. The zero-order chi connectivity index (χ0) is 18.4. The number of aliphatic hydroxyl groups excluding tert-OH is 1. The summed E-state index contributed by atoms with van der Waals surface area (Å²) in [4.78, 5) is 12.2. The Kier molecular flexibility index (Phi) is 6.30. The van der Waals surface area contributed by atoms with Gasteiger partial charge in [0.2, 0.25) is 10.0 Å². The summed E-state index contributed by atoms with van der Waals surface area (Å²) in [6, 6.07) is 13.1. The number of ether oxygens (including phenoxy) is 1. The maximum Gasteiger partial charge on any atom is 0.327 e. The first kappa shape index (κ1) is 19.1. The van der Waals surface area contributed by atoms with Crippen molar-refractivity contribution in [3.63, 3.8) is 0 Å². The Labute approximate surface area is 147 Å². The first-order chi connectivity index (χ1) is 11.8. The highest BCUT2D eigenvalue weighted by Gasteiger charge is 2.33. The summed E-state index contributed by atoms with van der Waals surface area (Å²) in [5.74, 6) is -0.838. The van der Waals surface area contributed by atoms with Gasteiger partial charge in [0, 0.05) is 0 Å². The van der Waals surface area contributed by atoms with Crippen LogP contribution >= 0.6 is 0 Å². The Morgan fingerprint density at radius 3 is 2.28 bits per heavy atom. The van der Waals surface area contributed by atoms with Gasteiger partial charge in [0.25, 0.3) is 0 Å². The predicted molar refractivity (Wildman–Crippen MR) is 93.3 cm³/mol. The van der Waals surface area contributed by atoms with Crippen molar-refractivity contribution in [3.05, 3.63) is 65.7 Å². The second kappa shape index (κ2) is 8.24. The molecule has 0 bridgehead atoms. The average Bonchev–Trinajstić information content (AvgIpc) is 2.60. The molecule has 2 rings (SSSR count). The number of hydrogen-bond acceptors (Lipinski definition) is 5. The smallest absolute Gasteiger partial charge is 0.327 e. The van der Waals surface area contributed by atoms with Crippen molar-refractivity contribution >= 4 is 16.0 Å². The van der Waals surface area contributed by atoms with Gasteiger partial charge < -0.3 is 9.84 Å². The molecule has 0 radical (unpaired) electrons. The second-order valence-corrected chi connectivity index (χ2v) is 7.23. The molecule has 2 atom stereocenters. The van der Waals surface area contributed by atoms with Crippen molar-refractivity contribution < 1.29 is 23.1 Å². The van der Waals surface area contributed by atoms with Gasteiger partial charge in [-0.2, -0.15) is 4.72 Å². The van der Waals surface area contributed by atoms with Gasteiger partial charge in [0.1, 0.15) is 12.1 Å². The van der Waals surface area contributed by atoms with E-state index < -0.39 is 28.1 Å². The quantitative estimate of drug-likeness (QED) is 0.734. The Balaban J connectivity index is 2.32. The van der Waals surface area contributed by atoms with E-state index >= 15 is 0 Å². The fourth-order valence-electron chi connectivity index (χ4n) is 2.27. The van der Waals surface area contributed by atoms with E-state index in [4.69, 9.17) is 4.74 Å². The second-order valence-electron chi connectivity index (χ2n) is 5.52. The Bertz CT molecular complexity index is 803. The molecule has 0 saturated carbocycles. The monoisotopic (exact) mass is 363 g/mol. The standard InChI is InChI=1S/C18H21NO5S/c1-3-24-18(21)16(17(20)14-7-5-4-6-8-14)19-25(22,23)15-11-9-13(2)10-12-15/h4-12,16-17,19-20H,3H2,1-2H3. The fraction of sp³-hybridized carbons (Fsp3) is 0.278. The highest BCUT2D eigenvalue weighted by Crippen LogP contribution is 2.20. The van der Waals surface area contributed by atoms with Crippen LogP contribution in [0.2, 0.25) is 0 Å². The van der Waals surface area contributed by atoms with Gasteiger partial charge in [-0.1, -0.05) is 48.0 Å².